The lowest BCUT2D eigenvalue weighted by Gasteiger charge is -2.39. The molecule has 0 aliphatic carbocycles. The fraction of sp³-hybridized carbons (Fsp3) is 0.320. The predicted octanol–water partition coefficient (Wildman–Crippen LogP) is 2.63. The third-order valence-corrected chi connectivity index (χ3v) is 6.22. The Kier molecular flexibility index (Phi) is 6.33. The van der Waals surface area contributed by atoms with E-state index in [1.54, 1.807) is 30.7 Å². The van der Waals surface area contributed by atoms with E-state index < -0.39 is 0 Å². The number of carbonyl (C=O) groups excluding carboxylic acids is 2. The number of piperidine rings is 1. The summed E-state index contributed by atoms with van der Waals surface area (Å²) in [6.07, 6.45) is 6.57. The zero-order chi connectivity index (χ0) is 23.3. The van der Waals surface area contributed by atoms with Crippen LogP contribution in [0.2, 0.25) is 0 Å². The standard InChI is InChI=1S/C25H26N6O3/c32-24(18-16-31(17-18)20-8-12-27-28-15-20)29-19-4-6-21(7-5-19)34-22-9-13-30(14-10-22)25(33)23-3-1-2-11-26-23/h1-8,11-12,15,18,22H,9-10,13-14,16-17H2,(H,29,32). The van der Waals surface area contributed by atoms with Crippen LogP contribution in [0.25, 0.3) is 0 Å². The van der Waals surface area contributed by atoms with Gasteiger partial charge in [0, 0.05) is 50.9 Å². The maximum Gasteiger partial charge on any atom is 0.272 e. The average molecular weight is 459 g/mol. The van der Waals surface area contributed by atoms with Crippen molar-refractivity contribution in [1.82, 2.24) is 20.1 Å². The highest BCUT2D eigenvalue weighted by atomic mass is 16.5. The molecule has 4 heterocycles. The number of likely N-dealkylation sites (tertiary alicyclic amines) is 1. The van der Waals surface area contributed by atoms with Crippen molar-refractivity contribution in [2.75, 3.05) is 36.4 Å². The Morgan fingerprint density at radius 3 is 2.41 bits per heavy atom. The van der Waals surface area contributed by atoms with Crippen molar-refractivity contribution in [2.24, 2.45) is 5.92 Å². The molecule has 0 spiro atoms. The van der Waals surface area contributed by atoms with E-state index in [9.17, 15) is 9.59 Å². The molecule has 0 bridgehead atoms. The molecule has 0 unspecified atom stereocenters. The van der Waals surface area contributed by atoms with Crippen molar-refractivity contribution in [1.29, 1.82) is 0 Å². The number of hydrogen-bond acceptors (Lipinski definition) is 7. The molecule has 5 rings (SSSR count). The van der Waals surface area contributed by atoms with E-state index in [0.717, 1.165) is 30.0 Å². The fourth-order valence-corrected chi connectivity index (χ4v) is 4.21. The normalized spacial score (nSPS) is 16.6. The number of rotatable bonds is 6. The lowest BCUT2D eigenvalue weighted by molar-refractivity contribution is -0.120. The van der Waals surface area contributed by atoms with Gasteiger partial charge in [0.25, 0.3) is 5.91 Å². The Hall–Kier alpha value is -4.01. The van der Waals surface area contributed by atoms with Crippen LogP contribution in [0.4, 0.5) is 11.4 Å². The summed E-state index contributed by atoms with van der Waals surface area (Å²) >= 11 is 0. The van der Waals surface area contributed by atoms with Gasteiger partial charge in [-0.25, -0.2) is 0 Å². The number of benzene rings is 1. The third-order valence-electron chi connectivity index (χ3n) is 6.22. The molecule has 1 N–H and O–H groups in total. The second kappa shape index (κ2) is 9.86. The molecule has 0 radical (unpaired) electrons. The van der Waals surface area contributed by atoms with Gasteiger partial charge in [-0.05, 0) is 42.5 Å². The van der Waals surface area contributed by atoms with Gasteiger partial charge in [0.2, 0.25) is 5.91 Å². The van der Waals surface area contributed by atoms with Gasteiger partial charge in [0.1, 0.15) is 17.5 Å². The lowest BCUT2D eigenvalue weighted by atomic mass is 9.98. The van der Waals surface area contributed by atoms with Gasteiger partial charge in [-0.1, -0.05) is 6.07 Å². The highest BCUT2D eigenvalue weighted by Gasteiger charge is 2.33. The second-order valence-electron chi connectivity index (χ2n) is 8.54. The van der Waals surface area contributed by atoms with E-state index in [4.69, 9.17) is 4.74 Å². The van der Waals surface area contributed by atoms with Gasteiger partial charge in [-0.15, -0.1) is 0 Å². The Morgan fingerprint density at radius 1 is 0.941 bits per heavy atom. The van der Waals surface area contributed by atoms with Crippen LogP contribution < -0.4 is 15.0 Å². The minimum Gasteiger partial charge on any atom is -0.490 e. The number of ether oxygens (including phenoxy) is 1. The van der Waals surface area contributed by atoms with Crippen LogP contribution in [0.5, 0.6) is 5.75 Å². The largest absolute Gasteiger partial charge is 0.490 e. The molecule has 2 amide bonds. The van der Waals surface area contributed by atoms with Crippen LogP contribution in [-0.2, 0) is 4.79 Å². The van der Waals surface area contributed by atoms with E-state index in [0.29, 0.717) is 31.9 Å². The lowest BCUT2D eigenvalue weighted by Crippen LogP contribution is -2.52. The highest BCUT2D eigenvalue weighted by Crippen LogP contribution is 2.26. The SMILES string of the molecule is O=C(Nc1ccc(OC2CCN(C(=O)c3ccccn3)CC2)cc1)C1CN(c2ccnnc2)C1. The highest BCUT2D eigenvalue weighted by molar-refractivity contribution is 5.94. The van der Waals surface area contributed by atoms with Crippen molar-refractivity contribution < 1.29 is 14.3 Å². The molecule has 2 fully saturated rings. The zero-order valence-electron chi connectivity index (χ0n) is 18.7. The van der Waals surface area contributed by atoms with Gasteiger partial charge in [0.15, 0.2) is 0 Å². The Morgan fingerprint density at radius 2 is 1.74 bits per heavy atom. The minimum absolute atomic E-state index is 0.0110. The van der Waals surface area contributed by atoms with E-state index in [1.807, 2.05) is 41.3 Å². The summed E-state index contributed by atoms with van der Waals surface area (Å²) < 4.78 is 6.11. The smallest absolute Gasteiger partial charge is 0.272 e. The fourth-order valence-electron chi connectivity index (χ4n) is 4.21. The predicted molar refractivity (Wildman–Crippen MR) is 127 cm³/mol. The minimum atomic E-state index is -0.0527. The summed E-state index contributed by atoms with van der Waals surface area (Å²) in [6, 6.07) is 14.7. The Labute approximate surface area is 197 Å². The summed E-state index contributed by atoms with van der Waals surface area (Å²) in [6.45, 7) is 2.62. The van der Waals surface area contributed by atoms with E-state index in [2.05, 4.69) is 25.4 Å². The first kappa shape index (κ1) is 21.8. The molecule has 2 saturated heterocycles. The number of aromatic nitrogens is 3. The van der Waals surface area contributed by atoms with Crippen LogP contribution in [0.15, 0.2) is 67.1 Å². The molecular formula is C25H26N6O3. The third kappa shape index (κ3) is 4.98. The second-order valence-corrected chi connectivity index (χ2v) is 8.54. The van der Waals surface area contributed by atoms with E-state index in [1.165, 1.54) is 0 Å². The van der Waals surface area contributed by atoms with Gasteiger partial charge < -0.3 is 19.9 Å². The first-order chi connectivity index (χ1) is 16.7. The van der Waals surface area contributed by atoms with Crippen molar-refractivity contribution in [3.63, 3.8) is 0 Å². The number of pyridine rings is 1. The van der Waals surface area contributed by atoms with Crippen LogP contribution in [-0.4, -0.2) is 64.2 Å². The number of nitrogens with zero attached hydrogens (tertiary/aromatic N) is 5. The summed E-state index contributed by atoms with van der Waals surface area (Å²) in [7, 11) is 0. The summed E-state index contributed by atoms with van der Waals surface area (Å²) in [5, 5.41) is 10.6. The summed E-state index contributed by atoms with van der Waals surface area (Å²) in [5.41, 5.74) is 2.20. The molecule has 2 aliphatic rings. The van der Waals surface area contributed by atoms with Crippen molar-refractivity contribution in [2.45, 2.75) is 18.9 Å². The number of carbonyl (C=O) groups is 2. The number of anilines is 2. The molecule has 3 aromatic rings. The molecule has 34 heavy (non-hydrogen) atoms. The van der Waals surface area contributed by atoms with Crippen molar-refractivity contribution in [3.05, 3.63) is 72.8 Å². The monoisotopic (exact) mass is 458 g/mol. The average Bonchev–Trinajstić information content (AvgIpc) is 2.86. The molecule has 2 aliphatic heterocycles. The molecule has 174 valence electrons. The molecule has 9 heteroatoms. The molecule has 0 saturated carbocycles. The number of nitrogens with one attached hydrogen (secondary N) is 1. The van der Waals surface area contributed by atoms with Gasteiger partial charge in [-0.3, -0.25) is 14.6 Å². The Bertz CT molecular complexity index is 1110. The van der Waals surface area contributed by atoms with Crippen molar-refractivity contribution in [3.8, 4) is 5.75 Å². The molecule has 1 aromatic carbocycles. The van der Waals surface area contributed by atoms with Crippen LogP contribution in [0, 0.1) is 5.92 Å². The van der Waals surface area contributed by atoms with Crippen molar-refractivity contribution >= 4 is 23.2 Å². The number of amides is 2. The van der Waals surface area contributed by atoms with E-state index in [-0.39, 0.29) is 23.8 Å². The van der Waals surface area contributed by atoms with E-state index >= 15 is 0 Å². The first-order valence-electron chi connectivity index (χ1n) is 11.5. The quantitative estimate of drug-likeness (QED) is 0.606. The van der Waals surface area contributed by atoms with Gasteiger partial charge >= 0.3 is 0 Å². The molecule has 2 aromatic heterocycles. The van der Waals surface area contributed by atoms with Gasteiger partial charge in [-0.2, -0.15) is 10.2 Å². The van der Waals surface area contributed by atoms with Crippen LogP contribution in [0.1, 0.15) is 23.3 Å². The van der Waals surface area contributed by atoms with Crippen LogP contribution >= 0.6 is 0 Å². The zero-order valence-corrected chi connectivity index (χ0v) is 18.7. The maximum absolute atomic E-state index is 12.5. The molecular weight excluding hydrogens is 432 g/mol. The number of hydrogen-bond donors (Lipinski definition) is 1. The van der Waals surface area contributed by atoms with Gasteiger partial charge in [0.05, 0.1) is 24.0 Å². The molecule has 9 nitrogen and oxygen atoms in total. The first-order valence-corrected chi connectivity index (χ1v) is 11.5. The Balaban J connectivity index is 1.06. The summed E-state index contributed by atoms with van der Waals surface area (Å²) in [5.74, 6) is 0.679. The summed E-state index contributed by atoms with van der Waals surface area (Å²) in [4.78, 5) is 33.1. The van der Waals surface area contributed by atoms with Crippen LogP contribution in [0.3, 0.4) is 0 Å². The maximum atomic E-state index is 12.5. The molecule has 0 atom stereocenters. The topological polar surface area (TPSA) is 101 Å².